The summed E-state index contributed by atoms with van der Waals surface area (Å²) in [5.74, 6) is 0.178. The van der Waals surface area contributed by atoms with Gasteiger partial charge in [-0.05, 0) is 64.2 Å². The van der Waals surface area contributed by atoms with Gasteiger partial charge in [-0.3, -0.25) is 0 Å². The normalized spacial score (nSPS) is 20.4. The molecule has 0 aromatic heterocycles. The minimum absolute atomic E-state index is 0.0717. The first-order valence-electron chi connectivity index (χ1n) is 16.1. The van der Waals surface area contributed by atoms with Crippen molar-refractivity contribution in [3.63, 3.8) is 0 Å². The van der Waals surface area contributed by atoms with Gasteiger partial charge in [0, 0.05) is 12.8 Å². The number of unbranched alkanes of at least 4 members (excludes halogenated alkanes) is 15. The van der Waals surface area contributed by atoms with Gasteiger partial charge in [0.25, 0.3) is 0 Å². The molecule has 1 rings (SSSR count). The van der Waals surface area contributed by atoms with Crippen LogP contribution in [0.2, 0.25) is 0 Å². The molecule has 37 heavy (non-hydrogen) atoms. The van der Waals surface area contributed by atoms with E-state index in [1.165, 1.54) is 116 Å². The maximum absolute atomic E-state index is 6.33. The minimum Gasteiger partial charge on any atom is -0.347 e. The molecule has 0 aliphatic carbocycles. The van der Waals surface area contributed by atoms with Gasteiger partial charge in [-0.2, -0.15) is 0 Å². The monoisotopic (exact) mass is 536 g/mol. The van der Waals surface area contributed by atoms with Gasteiger partial charge < -0.3 is 9.47 Å². The van der Waals surface area contributed by atoms with E-state index in [-0.39, 0.29) is 11.9 Å². The second kappa shape index (κ2) is 25.7. The molecule has 0 spiro atoms. The summed E-state index contributed by atoms with van der Waals surface area (Å²) in [6.07, 6.45) is 41.7. The lowest BCUT2D eigenvalue weighted by Gasteiger charge is -2.28. The molecular formula is C34H61ClO2. The Bertz CT molecular complexity index is 570. The molecule has 1 aliphatic rings. The molecule has 0 aromatic rings. The number of halogens is 1. The Morgan fingerprint density at radius 2 is 1.11 bits per heavy atom. The van der Waals surface area contributed by atoms with Crippen molar-refractivity contribution < 1.29 is 9.47 Å². The van der Waals surface area contributed by atoms with Crippen LogP contribution in [0.15, 0.2) is 36.5 Å². The summed E-state index contributed by atoms with van der Waals surface area (Å²) in [6.45, 7) is 5.13. The van der Waals surface area contributed by atoms with E-state index in [2.05, 4.69) is 50.3 Å². The number of hydrogen-bond acceptors (Lipinski definition) is 2. The third kappa shape index (κ3) is 20.1. The summed E-state index contributed by atoms with van der Waals surface area (Å²) >= 11 is 6.08. The average molecular weight is 537 g/mol. The quantitative estimate of drug-likeness (QED) is 0.0621. The highest BCUT2D eigenvalue weighted by atomic mass is 35.5. The molecule has 1 fully saturated rings. The zero-order valence-corrected chi connectivity index (χ0v) is 25.5. The molecule has 216 valence electrons. The molecule has 0 N–H and O–H groups in total. The van der Waals surface area contributed by atoms with Crippen LogP contribution in [-0.4, -0.2) is 24.4 Å². The summed E-state index contributed by atoms with van der Waals surface area (Å²) in [6, 6.07) is 0. The van der Waals surface area contributed by atoms with E-state index in [1.54, 1.807) is 0 Å². The fraction of sp³-hybridized carbons (Fsp3) is 0.824. The van der Waals surface area contributed by atoms with Crippen LogP contribution >= 0.6 is 11.6 Å². The smallest absolute Gasteiger partial charge is 0.168 e. The van der Waals surface area contributed by atoms with Gasteiger partial charge in [-0.15, -0.1) is 11.6 Å². The predicted octanol–water partition coefficient (Wildman–Crippen LogP) is 11.6. The zero-order valence-electron chi connectivity index (χ0n) is 24.7. The predicted molar refractivity (Wildman–Crippen MR) is 165 cm³/mol. The number of ether oxygens (including phenoxy) is 2. The van der Waals surface area contributed by atoms with E-state index in [4.69, 9.17) is 21.1 Å². The van der Waals surface area contributed by atoms with Crippen molar-refractivity contribution >= 4 is 11.6 Å². The van der Waals surface area contributed by atoms with Crippen molar-refractivity contribution in [3.05, 3.63) is 36.5 Å². The van der Waals surface area contributed by atoms with E-state index in [0.717, 1.165) is 25.7 Å². The maximum Gasteiger partial charge on any atom is 0.168 e. The van der Waals surface area contributed by atoms with Crippen LogP contribution in [0.1, 0.15) is 155 Å². The topological polar surface area (TPSA) is 18.5 Å². The van der Waals surface area contributed by atoms with Crippen molar-refractivity contribution in [1.29, 1.82) is 0 Å². The first kappa shape index (κ1) is 34.5. The Morgan fingerprint density at radius 1 is 0.622 bits per heavy atom. The summed E-state index contributed by atoms with van der Waals surface area (Å²) in [5, 5.41) is 0. The average Bonchev–Trinajstić information content (AvgIpc) is 3.33. The first-order valence-corrected chi connectivity index (χ1v) is 16.6. The third-order valence-electron chi connectivity index (χ3n) is 7.42. The van der Waals surface area contributed by atoms with E-state index in [9.17, 15) is 0 Å². The molecule has 0 aromatic carbocycles. The van der Waals surface area contributed by atoms with Crippen LogP contribution < -0.4 is 0 Å². The fourth-order valence-electron chi connectivity index (χ4n) is 5.11. The molecule has 0 radical (unpaired) electrons. The van der Waals surface area contributed by atoms with Gasteiger partial charge in [0.05, 0.1) is 18.6 Å². The van der Waals surface area contributed by atoms with Crippen LogP contribution in [0.4, 0.5) is 0 Å². The van der Waals surface area contributed by atoms with E-state index >= 15 is 0 Å². The summed E-state index contributed by atoms with van der Waals surface area (Å²) in [5.41, 5.74) is 0. The Hall–Kier alpha value is -0.570. The van der Waals surface area contributed by atoms with Gasteiger partial charge in [0.2, 0.25) is 0 Å². The lowest BCUT2D eigenvalue weighted by molar-refractivity contribution is -0.177. The van der Waals surface area contributed by atoms with Crippen LogP contribution in [0.3, 0.4) is 0 Å². The molecule has 2 nitrogen and oxygen atoms in total. The number of alkyl halides is 1. The van der Waals surface area contributed by atoms with E-state index < -0.39 is 0 Å². The lowest BCUT2D eigenvalue weighted by Crippen LogP contribution is -2.31. The molecular weight excluding hydrogens is 476 g/mol. The minimum atomic E-state index is -0.361. The third-order valence-corrected chi connectivity index (χ3v) is 7.77. The molecule has 0 saturated carbocycles. The Labute approximate surface area is 236 Å². The molecule has 2 atom stereocenters. The molecule has 1 aliphatic heterocycles. The summed E-state index contributed by atoms with van der Waals surface area (Å²) in [7, 11) is 0. The Kier molecular flexibility index (Phi) is 23.9. The van der Waals surface area contributed by atoms with Crippen LogP contribution in [0.5, 0.6) is 0 Å². The molecule has 1 heterocycles. The van der Waals surface area contributed by atoms with Crippen LogP contribution in [0.25, 0.3) is 0 Å². The highest BCUT2D eigenvalue weighted by Gasteiger charge is 2.40. The SMILES string of the molecule is CC/C=C\CCCCCCCCC1(CCCCCCCC/C=C\C/C=C\CCCCC)OC[C@H](CCl)O1. The van der Waals surface area contributed by atoms with Crippen LogP contribution in [-0.2, 0) is 9.47 Å². The summed E-state index contributed by atoms with van der Waals surface area (Å²) < 4.78 is 12.6. The van der Waals surface area contributed by atoms with E-state index in [0.29, 0.717) is 12.5 Å². The van der Waals surface area contributed by atoms with E-state index in [1.807, 2.05) is 0 Å². The largest absolute Gasteiger partial charge is 0.347 e. The van der Waals surface area contributed by atoms with Gasteiger partial charge >= 0.3 is 0 Å². The zero-order chi connectivity index (χ0) is 26.7. The van der Waals surface area contributed by atoms with Crippen molar-refractivity contribution in [2.24, 2.45) is 0 Å². The summed E-state index contributed by atoms with van der Waals surface area (Å²) in [4.78, 5) is 0. The van der Waals surface area contributed by atoms with Crippen LogP contribution in [0, 0.1) is 0 Å². The van der Waals surface area contributed by atoms with Gasteiger partial charge in [0.15, 0.2) is 5.79 Å². The van der Waals surface area contributed by atoms with Crippen molar-refractivity contribution in [2.45, 2.75) is 167 Å². The van der Waals surface area contributed by atoms with Crippen molar-refractivity contribution in [2.75, 3.05) is 12.5 Å². The highest BCUT2D eigenvalue weighted by Crippen LogP contribution is 2.35. The van der Waals surface area contributed by atoms with Crippen molar-refractivity contribution in [3.8, 4) is 0 Å². The Balaban J connectivity index is 2.06. The van der Waals surface area contributed by atoms with Gasteiger partial charge in [0.1, 0.15) is 0 Å². The highest BCUT2D eigenvalue weighted by molar-refractivity contribution is 6.18. The standard InChI is InChI=1S/C34H61ClO2/c1-3-5-7-9-11-13-15-16-17-18-19-20-22-24-26-28-30-34(36-32-33(31-35)37-34)29-27-25-23-21-14-12-10-8-6-4-2/h6,8,11,13,16-17,33H,3-5,7,9-10,12,14-15,18-32H2,1-2H3/b8-6-,13-11-,17-16-/t33-,34?/m0/s1. The van der Waals surface area contributed by atoms with Gasteiger partial charge in [-0.25, -0.2) is 0 Å². The second-order valence-corrected chi connectivity index (χ2v) is 11.3. The van der Waals surface area contributed by atoms with Crippen molar-refractivity contribution in [1.82, 2.24) is 0 Å². The number of hydrogen-bond donors (Lipinski definition) is 0. The van der Waals surface area contributed by atoms with Gasteiger partial charge in [-0.1, -0.05) is 115 Å². The molecule has 1 saturated heterocycles. The number of rotatable bonds is 26. The second-order valence-electron chi connectivity index (χ2n) is 11.0. The molecule has 3 heteroatoms. The lowest BCUT2D eigenvalue weighted by atomic mass is 9.98. The fourth-order valence-corrected chi connectivity index (χ4v) is 5.26. The molecule has 0 bridgehead atoms. The number of allylic oxidation sites excluding steroid dienone is 6. The molecule has 1 unspecified atom stereocenters. The maximum atomic E-state index is 6.33. The Morgan fingerprint density at radius 3 is 1.59 bits per heavy atom. The first-order chi connectivity index (χ1) is 18.3. The molecule has 0 amide bonds.